The Hall–Kier alpha value is -1.40. The maximum atomic E-state index is 12.3. The number of benzene rings is 1. The van der Waals surface area contributed by atoms with Crippen molar-refractivity contribution < 1.29 is 13.2 Å². The highest BCUT2D eigenvalue weighted by atomic mass is 32.2. The van der Waals surface area contributed by atoms with Crippen LogP contribution in [0.4, 0.5) is 5.69 Å². The highest BCUT2D eigenvalue weighted by Gasteiger charge is 2.21. The van der Waals surface area contributed by atoms with Crippen LogP contribution >= 0.6 is 0 Å². The fraction of sp³-hybridized carbons (Fsp3) is 0.562. The molecule has 0 saturated heterocycles. The van der Waals surface area contributed by atoms with E-state index in [0.29, 0.717) is 25.2 Å². The molecule has 1 amide bonds. The first-order valence-electron chi connectivity index (χ1n) is 7.85. The second kappa shape index (κ2) is 8.90. The van der Waals surface area contributed by atoms with Gasteiger partial charge in [-0.2, -0.15) is 4.31 Å². The van der Waals surface area contributed by atoms with Crippen molar-refractivity contribution >= 4 is 21.6 Å². The van der Waals surface area contributed by atoms with Gasteiger partial charge in [-0.1, -0.05) is 33.6 Å². The number of carbonyl (C=O) groups is 1. The molecule has 0 aliphatic rings. The summed E-state index contributed by atoms with van der Waals surface area (Å²) in [5.41, 5.74) is 0.625. The largest absolute Gasteiger partial charge is 0.326 e. The fourth-order valence-electron chi connectivity index (χ4n) is 2.18. The summed E-state index contributed by atoms with van der Waals surface area (Å²) < 4.78 is 26.1. The van der Waals surface area contributed by atoms with Crippen LogP contribution in [-0.4, -0.2) is 31.7 Å². The minimum absolute atomic E-state index is 0.0344. The second-order valence-electron chi connectivity index (χ2n) is 5.12. The molecule has 124 valence electrons. The van der Waals surface area contributed by atoms with Crippen molar-refractivity contribution in [1.29, 1.82) is 0 Å². The first-order valence-corrected chi connectivity index (χ1v) is 9.29. The normalized spacial score (nSPS) is 11.6. The molecule has 0 aliphatic heterocycles. The van der Waals surface area contributed by atoms with Gasteiger partial charge in [0.1, 0.15) is 0 Å². The molecule has 0 bridgehead atoms. The first-order chi connectivity index (χ1) is 10.5. The Kier molecular flexibility index (Phi) is 7.55. The molecule has 0 saturated carbocycles. The fourth-order valence-corrected chi connectivity index (χ4v) is 3.64. The van der Waals surface area contributed by atoms with E-state index >= 15 is 0 Å². The van der Waals surface area contributed by atoms with Crippen LogP contribution in [0.15, 0.2) is 29.2 Å². The smallest absolute Gasteiger partial charge is 0.243 e. The van der Waals surface area contributed by atoms with E-state index in [1.54, 1.807) is 12.1 Å². The minimum Gasteiger partial charge on any atom is -0.326 e. The molecule has 0 aromatic heterocycles. The van der Waals surface area contributed by atoms with Crippen LogP contribution in [0.5, 0.6) is 0 Å². The van der Waals surface area contributed by atoms with Crippen LogP contribution in [0.2, 0.25) is 0 Å². The summed E-state index contributed by atoms with van der Waals surface area (Å²) in [6.07, 6.45) is 3.48. The SMILES string of the molecule is CCCCCC(=O)Nc1ccc(S(=O)(=O)N(CC)CC)cc1. The highest BCUT2D eigenvalue weighted by molar-refractivity contribution is 7.89. The van der Waals surface area contributed by atoms with Gasteiger partial charge in [0.15, 0.2) is 0 Å². The van der Waals surface area contributed by atoms with Gasteiger partial charge in [-0.15, -0.1) is 0 Å². The van der Waals surface area contributed by atoms with Gasteiger partial charge in [-0.25, -0.2) is 8.42 Å². The zero-order valence-corrected chi connectivity index (χ0v) is 14.4. The third-order valence-electron chi connectivity index (χ3n) is 3.49. The molecular formula is C16H26N2O3S. The lowest BCUT2D eigenvalue weighted by molar-refractivity contribution is -0.116. The molecule has 6 heteroatoms. The van der Waals surface area contributed by atoms with Gasteiger partial charge in [0.25, 0.3) is 0 Å². The Morgan fingerprint density at radius 2 is 1.64 bits per heavy atom. The standard InChI is InChI=1S/C16H26N2O3S/c1-4-7-8-9-16(19)17-14-10-12-15(13-11-14)22(20,21)18(5-2)6-3/h10-13H,4-9H2,1-3H3,(H,17,19). The maximum Gasteiger partial charge on any atom is 0.243 e. The Morgan fingerprint density at radius 1 is 1.05 bits per heavy atom. The quantitative estimate of drug-likeness (QED) is 0.708. The van der Waals surface area contributed by atoms with E-state index in [1.807, 2.05) is 13.8 Å². The van der Waals surface area contributed by atoms with Crippen molar-refractivity contribution in [1.82, 2.24) is 4.31 Å². The molecule has 0 aliphatic carbocycles. The number of sulfonamides is 1. The third kappa shape index (κ3) is 5.10. The van der Waals surface area contributed by atoms with E-state index < -0.39 is 10.0 Å². The number of hydrogen-bond donors (Lipinski definition) is 1. The molecule has 1 aromatic carbocycles. The second-order valence-corrected chi connectivity index (χ2v) is 7.06. The van der Waals surface area contributed by atoms with E-state index in [9.17, 15) is 13.2 Å². The van der Waals surface area contributed by atoms with Crippen LogP contribution in [0, 0.1) is 0 Å². The average molecular weight is 326 g/mol. The van der Waals surface area contributed by atoms with Crippen LogP contribution in [0.1, 0.15) is 46.5 Å². The van der Waals surface area contributed by atoms with Crippen LogP contribution in [0.25, 0.3) is 0 Å². The van der Waals surface area contributed by atoms with Gasteiger partial charge >= 0.3 is 0 Å². The van der Waals surface area contributed by atoms with E-state index in [0.717, 1.165) is 19.3 Å². The molecule has 1 N–H and O–H groups in total. The number of carbonyl (C=O) groups excluding carboxylic acids is 1. The summed E-state index contributed by atoms with van der Waals surface area (Å²) in [5, 5.41) is 2.79. The zero-order valence-electron chi connectivity index (χ0n) is 13.6. The monoisotopic (exact) mass is 326 g/mol. The van der Waals surface area contributed by atoms with Gasteiger partial charge in [0, 0.05) is 25.2 Å². The molecule has 5 nitrogen and oxygen atoms in total. The van der Waals surface area contributed by atoms with Crippen molar-refractivity contribution in [3.05, 3.63) is 24.3 Å². The number of nitrogens with one attached hydrogen (secondary N) is 1. The Bertz CT molecular complexity index is 564. The van der Waals surface area contributed by atoms with Crippen molar-refractivity contribution in [3.8, 4) is 0 Å². The lowest BCUT2D eigenvalue weighted by atomic mass is 10.2. The number of amides is 1. The van der Waals surface area contributed by atoms with Crippen LogP contribution in [0.3, 0.4) is 0 Å². The number of rotatable bonds is 9. The lowest BCUT2D eigenvalue weighted by Crippen LogP contribution is -2.30. The molecule has 0 fully saturated rings. The third-order valence-corrected chi connectivity index (χ3v) is 5.55. The molecular weight excluding hydrogens is 300 g/mol. The number of hydrogen-bond acceptors (Lipinski definition) is 3. The van der Waals surface area contributed by atoms with Crippen molar-refractivity contribution in [3.63, 3.8) is 0 Å². The minimum atomic E-state index is -3.44. The van der Waals surface area contributed by atoms with Crippen molar-refractivity contribution in [2.75, 3.05) is 18.4 Å². The van der Waals surface area contributed by atoms with Gasteiger partial charge in [0.05, 0.1) is 4.90 Å². The Balaban J connectivity index is 2.72. The summed E-state index contributed by atoms with van der Waals surface area (Å²) in [5.74, 6) is -0.0344. The van der Waals surface area contributed by atoms with E-state index in [-0.39, 0.29) is 10.8 Å². The van der Waals surface area contributed by atoms with Gasteiger partial charge in [-0.3, -0.25) is 4.79 Å². The van der Waals surface area contributed by atoms with Crippen LogP contribution in [-0.2, 0) is 14.8 Å². The molecule has 0 spiro atoms. The Morgan fingerprint density at radius 3 is 2.14 bits per heavy atom. The topological polar surface area (TPSA) is 66.5 Å². The van der Waals surface area contributed by atoms with E-state index in [2.05, 4.69) is 12.2 Å². The van der Waals surface area contributed by atoms with Crippen molar-refractivity contribution in [2.45, 2.75) is 51.3 Å². The van der Waals surface area contributed by atoms with Gasteiger partial charge < -0.3 is 5.32 Å². The molecule has 0 radical (unpaired) electrons. The van der Waals surface area contributed by atoms with E-state index in [4.69, 9.17) is 0 Å². The molecule has 0 atom stereocenters. The number of unbranched alkanes of at least 4 members (excludes halogenated alkanes) is 2. The van der Waals surface area contributed by atoms with Gasteiger partial charge in [-0.05, 0) is 30.7 Å². The predicted molar refractivity (Wildman–Crippen MR) is 89.3 cm³/mol. The molecule has 1 aromatic rings. The summed E-state index contributed by atoms with van der Waals surface area (Å²) in [7, 11) is -3.44. The van der Waals surface area contributed by atoms with Crippen molar-refractivity contribution in [2.24, 2.45) is 0 Å². The van der Waals surface area contributed by atoms with Gasteiger partial charge in [0.2, 0.25) is 15.9 Å². The summed E-state index contributed by atoms with van der Waals surface area (Å²) in [6, 6.07) is 6.34. The Labute approximate surface area is 133 Å². The van der Waals surface area contributed by atoms with E-state index in [1.165, 1.54) is 16.4 Å². The summed E-state index contributed by atoms with van der Waals surface area (Å²) >= 11 is 0. The molecule has 0 heterocycles. The summed E-state index contributed by atoms with van der Waals surface area (Å²) in [4.78, 5) is 12.0. The van der Waals surface area contributed by atoms with Crippen LogP contribution < -0.4 is 5.32 Å². The highest BCUT2D eigenvalue weighted by Crippen LogP contribution is 2.18. The average Bonchev–Trinajstić information content (AvgIpc) is 2.49. The maximum absolute atomic E-state index is 12.3. The summed E-state index contributed by atoms with van der Waals surface area (Å²) in [6.45, 7) is 6.59. The first kappa shape index (κ1) is 18.6. The number of anilines is 1. The lowest BCUT2D eigenvalue weighted by Gasteiger charge is -2.18. The zero-order chi connectivity index (χ0) is 16.6. The number of nitrogens with zero attached hydrogens (tertiary/aromatic N) is 1. The molecule has 0 unspecified atom stereocenters. The molecule has 1 rings (SSSR count). The molecule has 22 heavy (non-hydrogen) atoms. The predicted octanol–water partition coefficient (Wildman–Crippen LogP) is 3.24.